The minimum atomic E-state index is 0.750. The molecular weight excluding hydrogens is 332 g/mol. The molecule has 1 saturated heterocycles. The first-order chi connectivity index (χ1) is 12.1. The molecule has 0 N–H and O–H groups in total. The van der Waals surface area contributed by atoms with Gasteiger partial charge in [0.2, 0.25) is 0 Å². The van der Waals surface area contributed by atoms with Gasteiger partial charge in [0.25, 0.3) is 0 Å². The summed E-state index contributed by atoms with van der Waals surface area (Å²) in [5, 5.41) is 0.816. The predicted octanol–water partition coefficient (Wildman–Crippen LogP) is 4.63. The van der Waals surface area contributed by atoms with Crippen molar-refractivity contribution < 1.29 is 4.42 Å². The second-order valence-corrected chi connectivity index (χ2v) is 7.83. The summed E-state index contributed by atoms with van der Waals surface area (Å²) in [6.45, 7) is 7.61. The lowest BCUT2D eigenvalue weighted by atomic mass is 9.97. The Morgan fingerprint density at radius 2 is 2.00 bits per heavy atom. The molecule has 1 aliphatic heterocycles. The lowest BCUT2D eigenvalue weighted by Gasteiger charge is -2.34. The maximum atomic E-state index is 5.97. The minimum absolute atomic E-state index is 0.750. The van der Waals surface area contributed by atoms with Crippen molar-refractivity contribution in [2.45, 2.75) is 32.7 Å². The minimum Gasteiger partial charge on any atom is -0.465 e. The van der Waals surface area contributed by atoms with Crippen LogP contribution in [0.3, 0.4) is 0 Å². The van der Waals surface area contributed by atoms with Gasteiger partial charge in [-0.2, -0.15) is 0 Å². The van der Waals surface area contributed by atoms with Crippen LogP contribution in [-0.4, -0.2) is 43.0 Å². The van der Waals surface area contributed by atoms with E-state index in [0.717, 1.165) is 48.5 Å². The Morgan fingerprint density at radius 1 is 1.20 bits per heavy atom. The molecule has 1 aliphatic rings. The van der Waals surface area contributed by atoms with Crippen LogP contribution in [0, 0.1) is 12.8 Å². The van der Waals surface area contributed by atoms with E-state index in [2.05, 4.69) is 35.0 Å². The maximum Gasteiger partial charge on any atom is 0.118 e. The third-order valence-corrected chi connectivity index (χ3v) is 5.28. The number of piperidine rings is 1. The van der Waals surface area contributed by atoms with Crippen molar-refractivity contribution in [3.05, 3.63) is 58.5 Å². The third kappa shape index (κ3) is 5.88. The third-order valence-electron chi connectivity index (χ3n) is 5.02. The molecule has 1 unspecified atom stereocenters. The van der Waals surface area contributed by atoms with Gasteiger partial charge in [0, 0.05) is 24.7 Å². The molecule has 0 radical (unpaired) electrons. The highest BCUT2D eigenvalue weighted by molar-refractivity contribution is 6.30. The van der Waals surface area contributed by atoms with E-state index in [-0.39, 0.29) is 0 Å². The Bertz CT molecular complexity index is 652. The van der Waals surface area contributed by atoms with Gasteiger partial charge in [-0.15, -0.1) is 0 Å². The first-order valence-electron chi connectivity index (χ1n) is 9.29. The molecule has 0 saturated carbocycles. The standard InChI is InChI=1S/C21H29ClN2O/c1-17-5-10-21(25-17)16-23(2)14-19-4-3-12-24(15-19)13-11-18-6-8-20(22)9-7-18/h5-10,19H,3-4,11-16H2,1-2H3. The van der Waals surface area contributed by atoms with Gasteiger partial charge in [-0.3, -0.25) is 4.90 Å². The molecule has 2 heterocycles. The van der Waals surface area contributed by atoms with Crippen LogP contribution < -0.4 is 0 Å². The summed E-state index contributed by atoms with van der Waals surface area (Å²) < 4.78 is 5.70. The molecule has 0 amide bonds. The van der Waals surface area contributed by atoms with Crippen molar-refractivity contribution in [3.8, 4) is 0 Å². The van der Waals surface area contributed by atoms with Gasteiger partial charge in [0.1, 0.15) is 11.5 Å². The first kappa shape index (κ1) is 18.5. The van der Waals surface area contributed by atoms with Crippen molar-refractivity contribution in [2.75, 3.05) is 33.2 Å². The lowest BCUT2D eigenvalue weighted by Crippen LogP contribution is -2.40. The van der Waals surface area contributed by atoms with E-state index in [0.29, 0.717) is 0 Å². The average Bonchev–Trinajstić information content (AvgIpc) is 2.99. The van der Waals surface area contributed by atoms with Crippen LogP contribution in [0.25, 0.3) is 0 Å². The molecule has 136 valence electrons. The number of nitrogens with zero attached hydrogens (tertiary/aromatic N) is 2. The summed E-state index contributed by atoms with van der Waals surface area (Å²) in [5.74, 6) is 2.81. The summed E-state index contributed by atoms with van der Waals surface area (Å²) in [6, 6.07) is 12.4. The zero-order valence-corrected chi connectivity index (χ0v) is 16.1. The predicted molar refractivity (Wildman–Crippen MR) is 104 cm³/mol. The van der Waals surface area contributed by atoms with E-state index in [4.69, 9.17) is 16.0 Å². The molecule has 4 heteroatoms. The van der Waals surface area contributed by atoms with Crippen LogP contribution >= 0.6 is 11.6 Å². The van der Waals surface area contributed by atoms with Crippen LogP contribution in [0.4, 0.5) is 0 Å². The van der Waals surface area contributed by atoms with Crippen molar-refractivity contribution >= 4 is 11.6 Å². The van der Waals surface area contributed by atoms with Gasteiger partial charge < -0.3 is 9.32 Å². The molecule has 0 bridgehead atoms. The molecule has 3 rings (SSSR count). The highest BCUT2D eigenvalue weighted by Gasteiger charge is 2.21. The molecule has 2 aromatic rings. The highest BCUT2D eigenvalue weighted by Crippen LogP contribution is 2.19. The normalized spacial score (nSPS) is 18.8. The van der Waals surface area contributed by atoms with Gasteiger partial charge in [-0.05, 0) is 75.5 Å². The van der Waals surface area contributed by atoms with Crippen molar-refractivity contribution in [1.82, 2.24) is 9.80 Å². The summed E-state index contributed by atoms with van der Waals surface area (Å²) in [5.41, 5.74) is 1.37. The Kier molecular flexibility index (Phi) is 6.57. The number of hydrogen-bond acceptors (Lipinski definition) is 3. The number of likely N-dealkylation sites (tertiary alicyclic amines) is 1. The fourth-order valence-electron chi connectivity index (χ4n) is 3.78. The Morgan fingerprint density at radius 3 is 2.72 bits per heavy atom. The fraction of sp³-hybridized carbons (Fsp3) is 0.524. The largest absolute Gasteiger partial charge is 0.465 e. The zero-order valence-electron chi connectivity index (χ0n) is 15.4. The number of aryl methyl sites for hydroxylation is 1. The van der Waals surface area contributed by atoms with Crippen LogP contribution in [0.5, 0.6) is 0 Å². The van der Waals surface area contributed by atoms with E-state index in [1.54, 1.807) is 0 Å². The number of furan rings is 1. The summed E-state index contributed by atoms with van der Waals surface area (Å²) in [7, 11) is 2.20. The van der Waals surface area contributed by atoms with Crippen LogP contribution in [-0.2, 0) is 13.0 Å². The number of halogens is 1. The lowest BCUT2D eigenvalue weighted by molar-refractivity contribution is 0.139. The summed E-state index contributed by atoms with van der Waals surface area (Å²) in [6.07, 6.45) is 3.74. The Labute approximate surface area is 156 Å². The van der Waals surface area contributed by atoms with Gasteiger partial charge in [-0.1, -0.05) is 23.7 Å². The molecular formula is C21H29ClN2O. The second-order valence-electron chi connectivity index (χ2n) is 7.39. The van der Waals surface area contributed by atoms with Gasteiger partial charge in [-0.25, -0.2) is 0 Å². The quantitative estimate of drug-likeness (QED) is 0.717. The topological polar surface area (TPSA) is 19.6 Å². The molecule has 25 heavy (non-hydrogen) atoms. The van der Waals surface area contributed by atoms with Gasteiger partial charge >= 0.3 is 0 Å². The summed E-state index contributed by atoms with van der Waals surface area (Å²) >= 11 is 5.97. The van der Waals surface area contributed by atoms with Crippen molar-refractivity contribution in [1.29, 1.82) is 0 Å². The number of benzene rings is 1. The molecule has 1 aromatic heterocycles. The summed E-state index contributed by atoms with van der Waals surface area (Å²) in [4.78, 5) is 5.01. The maximum absolute atomic E-state index is 5.97. The molecule has 3 nitrogen and oxygen atoms in total. The van der Waals surface area contributed by atoms with E-state index >= 15 is 0 Å². The zero-order chi connectivity index (χ0) is 17.6. The van der Waals surface area contributed by atoms with E-state index < -0.39 is 0 Å². The van der Waals surface area contributed by atoms with Crippen LogP contribution in [0.15, 0.2) is 40.8 Å². The average molecular weight is 361 g/mol. The van der Waals surface area contributed by atoms with E-state index in [1.165, 1.54) is 31.5 Å². The van der Waals surface area contributed by atoms with Crippen LogP contribution in [0.1, 0.15) is 29.9 Å². The van der Waals surface area contributed by atoms with Crippen molar-refractivity contribution in [3.63, 3.8) is 0 Å². The molecule has 1 atom stereocenters. The molecule has 1 fully saturated rings. The Hall–Kier alpha value is -1.29. The first-order valence-corrected chi connectivity index (χ1v) is 9.67. The molecule has 0 aliphatic carbocycles. The molecule has 0 spiro atoms. The monoisotopic (exact) mass is 360 g/mol. The fourth-order valence-corrected chi connectivity index (χ4v) is 3.91. The van der Waals surface area contributed by atoms with E-state index in [9.17, 15) is 0 Å². The van der Waals surface area contributed by atoms with E-state index in [1.807, 2.05) is 25.1 Å². The van der Waals surface area contributed by atoms with Gasteiger partial charge in [0.05, 0.1) is 6.54 Å². The number of rotatable bonds is 7. The Balaban J connectivity index is 1.43. The highest BCUT2D eigenvalue weighted by atomic mass is 35.5. The van der Waals surface area contributed by atoms with Crippen LogP contribution in [0.2, 0.25) is 5.02 Å². The SMILES string of the molecule is Cc1ccc(CN(C)CC2CCCN(CCc3ccc(Cl)cc3)C2)o1. The van der Waals surface area contributed by atoms with Gasteiger partial charge in [0.15, 0.2) is 0 Å². The molecule has 1 aromatic carbocycles. The second kappa shape index (κ2) is 8.88. The number of hydrogen-bond donors (Lipinski definition) is 0. The van der Waals surface area contributed by atoms with Crippen molar-refractivity contribution in [2.24, 2.45) is 5.92 Å². The smallest absolute Gasteiger partial charge is 0.118 e.